The first-order chi connectivity index (χ1) is 12.1. The minimum absolute atomic E-state index is 0.175. The lowest BCUT2D eigenvalue weighted by atomic mass is 10.2. The third-order valence-electron chi connectivity index (χ3n) is 4.38. The molecule has 0 radical (unpaired) electrons. The highest BCUT2D eigenvalue weighted by Crippen LogP contribution is 2.28. The predicted octanol–water partition coefficient (Wildman–Crippen LogP) is 3.08. The molecule has 0 N–H and O–H groups in total. The van der Waals surface area contributed by atoms with Crippen molar-refractivity contribution in [2.24, 2.45) is 0 Å². The molecule has 2 heterocycles. The van der Waals surface area contributed by atoms with Crippen molar-refractivity contribution < 1.29 is 13.2 Å². The summed E-state index contributed by atoms with van der Waals surface area (Å²) in [5.41, 5.74) is 0.800. The van der Waals surface area contributed by atoms with E-state index < -0.39 is 10.0 Å². The quantitative estimate of drug-likeness (QED) is 0.722. The number of pyridine rings is 1. The number of fused-ring (bicyclic) bond motifs is 1. The lowest BCUT2D eigenvalue weighted by Crippen LogP contribution is -2.31. The van der Waals surface area contributed by atoms with Gasteiger partial charge in [0.2, 0.25) is 10.0 Å². The largest absolute Gasteiger partial charge is 0.487 e. The van der Waals surface area contributed by atoms with Crippen LogP contribution in [0.15, 0.2) is 71.8 Å². The van der Waals surface area contributed by atoms with Crippen LogP contribution in [0.3, 0.4) is 0 Å². The topological polar surface area (TPSA) is 59.5 Å². The van der Waals surface area contributed by atoms with Gasteiger partial charge in [-0.3, -0.25) is 4.98 Å². The van der Waals surface area contributed by atoms with Crippen molar-refractivity contribution in [2.45, 2.75) is 17.4 Å². The van der Waals surface area contributed by atoms with Crippen LogP contribution < -0.4 is 4.74 Å². The van der Waals surface area contributed by atoms with Crippen LogP contribution in [0.1, 0.15) is 6.42 Å². The summed E-state index contributed by atoms with van der Waals surface area (Å²) in [7, 11) is -3.47. The van der Waals surface area contributed by atoms with Crippen LogP contribution in [0, 0.1) is 0 Å². The van der Waals surface area contributed by atoms with Gasteiger partial charge in [-0.1, -0.05) is 36.4 Å². The zero-order valence-electron chi connectivity index (χ0n) is 13.6. The van der Waals surface area contributed by atoms with Gasteiger partial charge in [0.25, 0.3) is 0 Å². The second kappa shape index (κ2) is 6.46. The minimum atomic E-state index is -3.47. The number of aromatic nitrogens is 1. The molecule has 1 unspecified atom stereocenters. The first-order valence-electron chi connectivity index (χ1n) is 8.20. The molecule has 0 aliphatic carbocycles. The fourth-order valence-corrected chi connectivity index (χ4v) is 4.61. The van der Waals surface area contributed by atoms with Gasteiger partial charge in [0, 0.05) is 18.1 Å². The zero-order chi connectivity index (χ0) is 17.3. The molecular formula is C19H18N2O3S. The van der Waals surface area contributed by atoms with Gasteiger partial charge in [-0.2, -0.15) is 4.31 Å². The molecule has 1 fully saturated rings. The Morgan fingerprint density at radius 2 is 1.80 bits per heavy atom. The Bertz CT molecular complexity index is 984. The third-order valence-corrected chi connectivity index (χ3v) is 6.26. The number of para-hydroxylation sites is 1. The van der Waals surface area contributed by atoms with Crippen molar-refractivity contribution >= 4 is 20.9 Å². The molecule has 2 aromatic carbocycles. The standard InChI is InChI=1S/C19H18N2O3S/c22-25(23,17-8-2-1-3-9-17)21-13-11-16(14-21)24-18-10-4-6-15-7-5-12-20-19(15)18/h1-10,12,16H,11,13-14H2. The fourth-order valence-electron chi connectivity index (χ4n) is 3.10. The molecule has 1 saturated heterocycles. The predicted molar refractivity (Wildman–Crippen MR) is 96.0 cm³/mol. The molecule has 128 valence electrons. The van der Waals surface area contributed by atoms with Crippen molar-refractivity contribution in [3.05, 3.63) is 66.9 Å². The summed E-state index contributed by atoms with van der Waals surface area (Å²) in [6.07, 6.45) is 2.22. The Balaban J connectivity index is 1.53. The Hall–Kier alpha value is -2.44. The SMILES string of the molecule is O=S(=O)(c1ccccc1)N1CCC(Oc2cccc3cccnc23)C1. The highest BCUT2D eigenvalue weighted by Gasteiger charge is 2.33. The van der Waals surface area contributed by atoms with Gasteiger partial charge in [0.15, 0.2) is 0 Å². The van der Waals surface area contributed by atoms with Gasteiger partial charge in [-0.05, 0) is 30.7 Å². The van der Waals surface area contributed by atoms with Crippen LogP contribution in [-0.2, 0) is 10.0 Å². The summed E-state index contributed by atoms with van der Waals surface area (Å²) in [5, 5.41) is 1.01. The lowest BCUT2D eigenvalue weighted by molar-refractivity contribution is 0.218. The summed E-state index contributed by atoms with van der Waals surface area (Å²) in [4.78, 5) is 4.70. The highest BCUT2D eigenvalue weighted by atomic mass is 32.2. The number of benzene rings is 2. The average molecular weight is 354 g/mol. The van der Waals surface area contributed by atoms with Crippen LogP contribution in [-0.4, -0.2) is 36.9 Å². The van der Waals surface area contributed by atoms with Crippen LogP contribution in [0.25, 0.3) is 10.9 Å². The normalized spacial score (nSPS) is 18.5. The van der Waals surface area contributed by atoms with Crippen LogP contribution in [0.5, 0.6) is 5.75 Å². The van der Waals surface area contributed by atoms with Crippen molar-refractivity contribution in [1.29, 1.82) is 0 Å². The van der Waals surface area contributed by atoms with Gasteiger partial charge in [0.05, 0.1) is 11.4 Å². The summed E-state index contributed by atoms with van der Waals surface area (Å²) in [6.45, 7) is 0.806. The van der Waals surface area contributed by atoms with Crippen LogP contribution in [0.4, 0.5) is 0 Å². The van der Waals surface area contributed by atoms with E-state index in [0.29, 0.717) is 30.2 Å². The minimum Gasteiger partial charge on any atom is -0.487 e. The Kier molecular flexibility index (Phi) is 4.15. The average Bonchev–Trinajstić information content (AvgIpc) is 3.12. The summed E-state index contributed by atoms with van der Waals surface area (Å²) in [6, 6.07) is 18.2. The Morgan fingerprint density at radius 3 is 2.64 bits per heavy atom. The number of hydrogen-bond donors (Lipinski definition) is 0. The smallest absolute Gasteiger partial charge is 0.243 e. The van der Waals surface area contributed by atoms with E-state index in [2.05, 4.69) is 4.98 Å². The van der Waals surface area contributed by atoms with Gasteiger partial charge in [-0.25, -0.2) is 8.42 Å². The molecule has 1 aliphatic heterocycles. The maximum absolute atomic E-state index is 12.7. The molecule has 3 aromatic rings. The van der Waals surface area contributed by atoms with Gasteiger partial charge in [-0.15, -0.1) is 0 Å². The second-order valence-electron chi connectivity index (χ2n) is 6.04. The molecule has 25 heavy (non-hydrogen) atoms. The molecule has 0 spiro atoms. The van der Waals surface area contributed by atoms with E-state index in [0.717, 1.165) is 10.9 Å². The molecule has 6 heteroatoms. The summed E-state index contributed by atoms with van der Waals surface area (Å²) < 4.78 is 33.0. The van der Waals surface area contributed by atoms with Crippen molar-refractivity contribution in [3.63, 3.8) is 0 Å². The highest BCUT2D eigenvalue weighted by molar-refractivity contribution is 7.89. The van der Waals surface area contributed by atoms with Crippen LogP contribution in [0.2, 0.25) is 0 Å². The maximum atomic E-state index is 12.7. The van der Waals surface area contributed by atoms with E-state index >= 15 is 0 Å². The lowest BCUT2D eigenvalue weighted by Gasteiger charge is -2.17. The zero-order valence-corrected chi connectivity index (χ0v) is 14.4. The Labute approximate surface area is 146 Å². The molecule has 1 atom stereocenters. The van der Waals surface area contributed by atoms with Crippen molar-refractivity contribution in [1.82, 2.24) is 9.29 Å². The van der Waals surface area contributed by atoms with E-state index in [1.807, 2.05) is 36.4 Å². The monoisotopic (exact) mass is 354 g/mol. The fraction of sp³-hybridized carbons (Fsp3) is 0.211. The molecule has 5 nitrogen and oxygen atoms in total. The first kappa shape index (κ1) is 16.1. The van der Waals surface area contributed by atoms with Gasteiger partial charge >= 0.3 is 0 Å². The maximum Gasteiger partial charge on any atom is 0.243 e. The van der Waals surface area contributed by atoms with Crippen LogP contribution >= 0.6 is 0 Å². The van der Waals surface area contributed by atoms with E-state index in [-0.39, 0.29) is 6.10 Å². The van der Waals surface area contributed by atoms with Crippen molar-refractivity contribution in [3.8, 4) is 5.75 Å². The molecule has 0 bridgehead atoms. The first-order valence-corrected chi connectivity index (χ1v) is 9.64. The molecule has 0 amide bonds. The number of sulfonamides is 1. The summed E-state index contributed by atoms with van der Waals surface area (Å²) in [5.74, 6) is 0.696. The second-order valence-corrected chi connectivity index (χ2v) is 7.97. The number of hydrogen-bond acceptors (Lipinski definition) is 4. The van der Waals surface area contributed by atoms with Crippen molar-refractivity contribution in [2.75, 3.05) is 13.1 Å². The van der Waals surface area contributed by atoms with Gasteiger partial charge in [0.1, 0.15) is 17.4 Å². The van der Waals surface area contributed by atoms with E-state index in [1.54, 1.807) is 30.5 Å². The number of ether oxygens (including phenoxy) is 1. The molecule has 1 aliphatic rings. The molecule has 1 aromatic heterocycles. The molecule has 0 saturated carbocycles. The number of rotatable bonds is 4. The van der Waals surface area contributed by atoms with E-state index in [1.165, 1.54) is 4.31 Å². The molecular weight excluding hydrogens is 336 g/mol. The Morgan fingerprint density at radius 1 is 1.00 bits per heavy atom. The van der Waals surface area contributed by atoms with Gasteiger partial charge < -0.3 is 4.74 Å². The summed E-state index contributed by atoms with van der Waals surface area (Å²) >= 11 is 0. The number of nitrogens with zero attached hydrogens (tertiary/aromatic N) is 2. The van der Waals surface area contributed by atoms with E-state index in [9.17, 15) is 8.42 Å². The van der Waals surface area contributed by atoms with E-state index in [4.69, 9.17) is 4.74 Å². The molecule has 4 rings (SSSR count). The third kappa shape index (κ3) is 3.10.